The Balaban J connectivity index is 2.37. The van der Waals surface area contributed by atoms with Crippen LogP contribution in [0.15, 0.2) is 23.1 Å². The Morgan fingerprint density at radius 2 is 2.25 bits per heavy atom. The van der Waals surface area contributed by atoms with Gasteiger partial charge in [0.05, 0.1) is 17.0 Å². The Bertz CT molecular complexity index is 429. The fourth-order valence-corrected chi connectivity index (χ4v) is 2.75. The van der Waals surface area contributed by atoms with Gasteiger partial charge in [-0.3, -0.25) is 4.79 Å². The van der Waals surface area contributed by atoms with E-state index in [9.17, 15) is 4.79 Å². The molecule has 0 amide bonds. The van der Waals surface area contributed by atoms with Crippen molar-refractivity contribution in [3.63, 3.8) is 0 Å². The van der Waals surface area contributed by atoms with Crippen LogP contribution < -0.4 is 10.1 Å². The van der Waals surface area contributed by atoms with Crippen LogP contribution in [0, 0.1) is 0 Å². The lowest BCUT2D eigenvalue weighted by Gasteiger charge is -2.16. The maximum atomic E-state index is 11.9. The van der Waals surface area contributed by atoms with Crippen LogP contribution in [-0.4, -0.2) is 24.3 Å². The maximum Gasteiger partial charge on any atom is 0.180 e. The number of ether oxygens (including phenoxy) is 1. The smallest absolute Gasteiger partial charge is 0.180 e. The zero-order valence-corrected chi connectivity index (χ0v) is 10.5. The van der Waals surface area contributed by atoms with Crippen LogP contribution in [0.2, 0.25) is 0 Å². The molecule has 1 heterocycles. The van der Waals surface area contributed by atoms with Gasteiger partial charge in [-0.15, -0.1) is 0 Å². The van der Waals surface area contributed by atoms with Gasteiger partial charge >= 0.3 is 0 Å². The van der Waals surface area contributed by atoms with Crippen LogP contribution in [0.3, 0.4) is 0 Å². The normalized spacial score (nSPS) is 16.7. The Kier molecular flexibility index (Phi) is 2.95. The van der Waals surface area contributed by atoms with Crippen LogP contribution in [0.1, 0.15) is 24.2 Å². The number of Topliss-reactive ketones (excluding diaryl/α,β-unsaturated/α-hetero) is 1. The molecule has 0 unspecified atom stereocenters. The van der Waals surface area contributed by atoms with Crippen LogP contribution in [0.25, 0.3) is 0 Å². The van der Waals surface area contributed by atoms with Crippen molar-refractivity contribution < 1.29 is 9.53 Å². The molecule has 1 aliphatic rings. The van der Waals surface area contributed by atoms with E-state index in [4.69, 9.17) is 4.74 Å². The summed E-state index contributed by atoms with van der Waals surface area (Å²) in [4.78, 5) is 12.6. The third-order valence-electron chi connectivity index (χ3n) is 2.32. The summed E-state index contributed by atoms with van der Waals surface area (Å²) in [7, 11) is 1.76. The van der Waals surface area contributed by atoms with Gasteiger partial charge in [-0.2, -0.15) is 0 Å². The molecule has 4 heteroatoms. The third kappa shape index (κ3) is 2.08. The molecule has 1 aromatic carbocycles. The zero-order valence-electron chi connectivity index (χ0n) is 9.66. The highest BCUT2D eigenvalue weighted by Gasteiger charge is 2.33. The van der Waals surface area contributed by atoms with E-state index in [0.717, 1.165) is 10.6 Å². The number of rotatable bonds is 3. The summed E-state index contributed by atoms with van der Waals surface area (Å²) < 4.78 is 5.81. The summed E-state index contributed by atoms with van der Waals surface area (Å²) in [6.07, 6.45) is 0. The second-order valence-electron chi connectivity index (χ2n) is 4.19. The fraction of sp³-hybridized carbons (Fsp3) is 0.417. The van der Waals surface area contributed by atoms with Crippen molar-refractivity contribution in [2.75, 3.05) is 13.6 Å². The first-order valence-electron chi connectivity index (χ1n) is 5.22. The van der Waals surface area contributed by atoms with Gasteiger partial charge in [-0.05, 0) is 33.0 Å². The highest BCUT2D eigenvalue weighted by molar-refractivity contribution is 8.00. The van der Waals surface area contributed by atoms with Gasteiger partial charge in [0.1, 0.15) is 5.75 Å². The van der Waals surface area contributed by atoms with E-state index in [1.165, 1.54) is 0 Å². The first kappa shape index (κ1) is 11.5. The van der Waals surface area contributed by atoms with E-state index in [0.29, 0.717) is 12.1 Å². The van der Waals surface area contributed by atoms with E-state index in [1.807, 2.05) is 32.0 Å². The highest BCUT2D eigenvalue weighted by Crippen LogP contribution is 2.48. The molecule has 0 atom stereocenters. The maximum absolute atomic E-state index is 11.9. The molecule has 0 fully saturated rings. The molecular formula is C12H15NO2S. The number of ketones is 1. The molecule has 3 nitrogen and oxygen atoms in total. The van der Waals surface area contributed by atoms with Crippen LogP contribution in [0.5, 0.6) is 5.75 Å². The highest BCUT2D eigenvalue weighted by atomic mass is 32.2. The minimum atomic E-state index is -0.279. The molecule has 0 aromatic heterocycles. The van der Waals surface area contributed by atoms with Crippen molar-refractivity contribution in [3.8, 4) is 5.75 Å². The molecule has 0 bridgehead atoms. The Labute approximate surface area is 99.6 Å². The van der Waals surface area contributed by atoms with Crippen LogP contribution in [0.4, 0.5) is 0 Å². The average molecular weight is 237 g/mol. The number of nitrogens with one attached hydrogen (secondary N) is 1. The average Bonchev–Trinajstić information content (AvgIpc) is 2.51. The lowest BCUT2D eigenvalue weighted by atomic mass is 10.1. The number of benzene rings is 1. The molecule has 16 heavy (non-hydrogen) atoms. The summed E-state index contributed by atoms with van der Waals surface area (Å²) in [5.74, 6) is 0.801. The predicted molar refractivity (Wildman–Crippen MR) is 65.3 cm³/mol. The molecule has 86 valence electrons. The van der Waals surface area contributed by atoms with Gasteiger partial charge in [0.15, 0.2) is 10.7 Å². The minimum absolute atomic E-state index is 0.0673. The molecular weight excluding hydrogens is 222 g/mol. The first-order chi connectivity index (χ1) is 7.53. The summed E-state index contributed by atoms with van der Waals surface area (Å²) in [5, 5.41) is 2.87. The van der Waals surface area contributed by atoms with Crippen molar-refractivity contribution >= 4 is 17.5 Å². The lowest BCUT2D eigenvalue weighted by Crippen LogP contribution is -2.21. The Morgan fingerprint density at radius 1 is 1.50 bits per heavy atom. The number of hydrogen-bond donors (Lipinski definition) is 1. The van der Waals surface area contributed by atoms with Gasteiger partial charge < -0.3 is 10.1 Å². The molecule has 0 saturated heterocycles. The molecule has 0 spiro atoms. The SMILES string of the molecule is CNCC(=O)c1cccc2c1OC(C)(C)S2. The Morgan fingerprint density at radius 3 is 2.94 bits per heavy atom. The van der Waals surface area contributed by atoms with E-state index in [2.05, 4.69) is 5.32 Å². The minimum Gasteiger partial charge on any atom is -0.475 e. The van der Waals surface area contributed by atoms with Crippen molar-refractivity contribution in [1.29, 1.82) is 0 Å². The predicted octanol–water partition coefficient (Wildman–Crippen LogP) is 2.31. The van der Waals surface area contributed by atoms with Crippen molar-refractivity contribution in [1.82, 2.24) is 5.32 Å². The van der Waals surface area contributed by atoms with E-state index in [-0.39, 0.29) is 10.7 Å². The fourth-order valence-electron chi connectivity index (χ4n) is 1.71. The molecule has 1 aromatic rings. The number of thioether (sulfide) groups is 1. The second kappa shape index (κ2) is 4.11. The topological polar surface area (TPSA) is 38.3 Å². The van der Waals surface area contributed by atoms with Crippen LogP contribution >= 0.6 is 11.8 Å². The standard InChI is InChI=1S/C12H15NO2S/c1-12(2)15-11-8(9(14)7-13-3)5-4-6-10(11)16-12/h4-6,13H,7H2,1-3H3. The summed E-state index contributed by atoms with van der Waals surface area (Å²) >= 11 is 1.65. The van der Waals surface area contributed by atoms with Crippen molar-refractivity contribution in [3.05, 3.63) is 23.8 Å². The van der Waals surface area contributed by atoms with Crippen molar-refractivity contribution in [2.24, 2.45) is 0 Å². The van der Waals surface area contributed by atoms with E-state index < -0.39 is 0 Å². The lowest BCUT2D eigenvalue weighted by molar-refractivity contribution is 0.0986. The second-order valence-corrected chi connectivity index (χ2v) is 5.82. The van der Waals surface area contributed by atoms with E-state index >= 15 is 0 Å². The van der Waals surface area contributed by atoms with Gasteiger partial charge in [0, 0.05) is 0 Å². The largest absolute Gasteiger partial charge is 0.475 e. The monoisotopic (exact) mass is 237 g/mol. The van der Waals surface area contributed by atoms with Gasteiger partial charge in [-0.25, -0.2) is 0 Å². The molecule has 0 radical (unpaired) electrons. The summed E-state index contributed by atoms with van der Waals surface area (Å²) in [6, 6.07) is 5.71. The van der Waals surface area contributed by atoms with Crippen molar-refractivity contribution in [2.45, 2.75) is 23.7 Å². The third-order valence-corrected chi connectivity index (χ3v) is 3.44. The number of para-hydroxylation sites is 1. The Hall–Kier alpha value is -1.000. The number of likely N-dealkylation sites (N-methyl/N-ethyl adjacent to an activating group) is 1. The number of carbonyl (C=O) groups is 1. The zero-order chi connectivity index (χ0) is 11.8. The van der Waals surface area contributed by atoms with Gasteiger partial charge in [-0.1, -0.05) is 17.8 Å². The molecule has 0 aliphatic carbocycles. The molecule has 1 N–H and O–H groups in total. The van der Waals surface area contributed by atoms with Crippen LogP contribution in [-0.2, 0) is 0 Å². The number of carbonyl (C=O) groups excluding carboxylic acids is 1. The summed E-state index contributed by atoms with van der Waals surface area (Å²) in [5.41, 5.74) is 0.671. The molecule has 2 rings (SSSR count). The molecule has 0 saturated carbocycles. The molecule has 1 aliphatic heterocycles. The van der Waals surface area contributed by atoms with E-state index in [1.54, 1.807) is 18.8 Å². The van der Waals surface area contributed by atoms with Gasteiger partial charge in [0.25, 0.3) is 0 Å². The number of hydrogen-bond acceptors (Lipinski definition) is 4. The van der Waals surface area contributed by atoms with Gasteiger partial charge in [0.2, 0.25) is 0 Å². The number of fused-ring (bicyclic) bond motifs is 1. The first-order valence-corrected chi connectivity index (χ1v) is 6.04. The summed E-state index contributed by atoms with van der Waals surface area (Å²) in [6.45, 7) is 4.35. The quantitative estimate of drug-likeness (QED) is 0.819.